The topological polar surface area (TPSA) is 62.8 Å². The summed E-state index contributed by atoms with van der Waals surface area (Å²) >= 11 is 0. The van der Waals surface area contributed by atoms with Crippen molar-refractivity contribution in [2.75, 3.05) is 59.2 Å². The molecular weight excluding hydrogens is 246 g/mol. The fourth-order valence-corrected chi connectivity index (χ4v) is 2.57. The molecule has 0 bridgehead atoms. The minimum atomic E-state index is -0.0513. The van der Waals surface area contributed by atoms with E-state index in [4.69, 9.17) is 9.47 Å². The first-order valence-corrected chi connectivity index (χ1v) is 7.20. The van der Waals surface area contributed by atoms with Crippen LogP contribution < -0.4 is 10.6 Å². The number of carbonyl (C=O) groups is 1. The summed E-state index contributed by atoms with van der Waals surface area (Å²) in [5.41, 5.74) is 0. The molecule has 6 heteroatoms. The second-order valence-electron chi connectivity index (χ2n) is 5.05. The molecule has 110 valence electrons. The molecule has 0 aromatic heterocycles. The molecule has 2 saturated heterocycles. The van der Waals surface area contributed by atoms with Crippen molar-refractivity contribution in [3.8, 4) is 0 Å². The molecular formula is C13H25N3O3. The van der Waals surface area contributed by atoms with E-state index in [-0.39, 0.29) is 17.9 Å². The highest BCUT2D eigenvalue weighted by molar-refractivity contribution is 5.79. The van der Waals surface area contributed by atoms with Crippen LogP contribution in [0.4, 0.5) is 0 Å². The van der Waals surface area contributed by atoms with Gasteiger partial charge in [-0.2, -0.15) is 0 Å². The molecule has 2 N–H and O–H groups in total. The monoisotopic (exact) mass is 271 g/mol. The smallest absolute Gasteiger partial charge is 0.227 e. The Bertz CT molecular complexity index is 282. The SMILES string of the molecule is CCNC1COCC1C(=O)NCCN1CCOCC1. The number of likely N-dealkylation sites (N-methyl/N-ethyl adjacent to an activating group) is 1. The van der Waals surface area contributed by atoms with Crippen molar-refractivity contribution >= 4 is 5.91 Å². The molecule has 0 aliphatic carbocycles. The van der Waals surface area contributed by atoms with Gasteiger partial charge in [-0.3, -0.25) is 9.69 Å². The van der Waals surface area contributed by atoms with Gasteiger partial charge in [0.1, 0.15) is 0 Å². The molecule has 0 radical (unpaired) electrons. The lowest BCUT2D eigenvalue weighted by atomic mass is 10.0. The maximum absolute atomic E-state index is 12.1. The zero-order chi connectivity index (χ0) is 13.5. The van der Waals surface area contributed by atoms with Crippen LogP contribution in [0.5, 0.6) is 0 Å². The number of hydrogen-bond acceptors (Lipinski definition) is 5. The van der Waals surface area contributed by atoms with Crippen molar-refractivity contribution in [2.45, 2.75) is 13.0 Å². The first-order valence-electron chi connectivity index (χ1n) is 7.20. The Hall–Kier alpha value is -0.690. The third-order valence-electron chi connectivity index (χ3n) is 3.71. The van der Waals surface area contributed by atoms with Crippen LogP contribution in [0, 0.1) is 5.92 Å². The van der Waals surface area contributed by atoms with Gasteiger partial charge in [-0.05, 0) is 6.54 Å². The van der Waals surface area contributed by atoms with E-state index < -0.39 is 0 Å². The highest BCUT2D eigenvalue weighted by Crippen LogP contribution is 2.13. The van der Waals surface area contributed by atoms with Gasteiger partial charge >= 0.3 is 0 Å². The first-order chi connectivity index (χ1) is 9.31. The van der Waals surface area contributed by atoms with Crippen molar-refractivity contribution in [1.29, 1.82) is 0 Å². The third-order valence-corrected chi connectivity index (χ3v) is 3.71. The van der Waals surface area contributed by atoms with Gasteiger partial charge in [-0.25, -0.2) is 0 Å². The lowest BCUT2D eigenvalue weighted by Gasteiger charge is -2.27. The maximum Gasteiger partial charge on any atom is 0.227 e. The third kappa shape index (κ3) is 4.42. The van der Waals surface area contributed by atoms with Crippen molar-refractivity contribution in [3.05, 3.63) is 0 Å². The van der Waals surface area contributed by atoms with E-state index in [9.17, 15) is 4.79 Å². The Kier molecular flexibility index (Phi) is 6.03. The minimum absolute atomic E-state index is 0.0513. The first kappa shape index (κ1) is 14.7. The quantitative estimate of drug-likeness (QED) is 0.653. The van der Waals surface area contributed by atoms with Crippen LogP contribution in [0.15, 0.2) is 0 Å². The molecule has 0 aromatic rings. The van der Waals surface area contributed by atoms with Gasteiger partial charge in [0.05, 0.1) is 32.3 Å². The summed E-state index contributed by atoms with van der Waals surface area (Å²) in [6.07, 6.45) is 0. The van der Waals surface area contributed by atoms with Gasteiger partial charge in [-0.15, -0.1) is 0 Å². The van der Waals surface area contributed by atoms with Gasteiger partial charge in [0.15, 0.2) is 0 Å². The van der Waals surface area contributed by atoms with Crippen molar-refractivity contribution < 1.29 is 14.3 Å². The van der Waals surface area contributed by atoms with E-state index in [1.165, 1.54) is 0 Å². The van der Waals surface area contributed by atoms with E-state index in [0.717, 1.165) is 39.4 Å². The van der Waals surface area contributed by atoms with Crippen molar-refractivity contribution in [1.82, 2.24) is 15.5 Å². The summed E-state index contributed by atoms with van der Waals surface area (Å²) in [4.78, 5) is 14.4. The summed E-state index contributed by atoms with van der Waals surface area (Å²) in [5.74, 6) is 0.0568. The number of hydrogen-bond donors (Lipinski definition) is 2. The van der Waals surface area contributed by atoms with Crippen molar-refractivity contribution in [3.63, 3.8) is 0 Å². The summed E-state index contributed by atoms with van der Waals surface area (Å²) in [6.45, 7) is 9.20. The fourth-order valence-electron chi connectivity index (χ4n) is 2.57. The van der Waals surface area contributed by atoms with Crippen LogP contribution in [0.2, 0.25) is 0 Å². The Morgan fingerprint density at radius 3 is 2.79 bits per heavy atom. The summed E-state index contributed by atoms with van der Waals surface area (Å²) < 4.78 is 10.7. The molecule has 19 heavy (non-hydrogen) atoms. The van der Waals surface area contributed by atoms with E-state index in [0.29, 0.717) is 19.8 Å². The summed E-state index contributed by atoms with van der Waals surface area (Å²) in [6, 6.07) is 0.161. The van der Waals surface area contributed by atoms with Crippen LogP contribution >= 0.6 is 0 Å². The van der Waals surface area contributed by atoms with Crippen LogP contribution in [0.3, 0.4) is 0 Å². The van der Waals surface area contributed by atoms with Gasteiger partial charge < -0.3 is 20.1 Å². The number of morpholine rings is 1. The van der Waals surface area contributed by atoms with E-state index >= 15 is 0 Å². The average Bonchev–Trinajstić information content (AvgIpc) is 2.89. The molecule has 2 fully saturated rings. The Balaban J connectivity index is 1.65. The molecule has 0 aromatic carbocycles. The standard InChI is InChI=1S/C13H25N3O3/c1-2-14-12-10-19-9-11(12)13(17)15-3-4-16-5-7-18-8-6-16/h11-12,14H,2-10H2,1H3,(H,15,17). The Labute approximate surface area is 114 Å². The summed E-state index contributed by atoms with van der Waals surface area (Å²) in [5, 5.41) is 6.32. The number of amides is 1. The molecule has 0 spiro atoms. The van der Waals surface area contributed by atoms with Gasteiger partial charge in [0, 0.05) is 32.2 Å². The van der Waals surface area contributed by atoms with Gasteiger partial charge in [0.25, 0.3) is 0 Å². The number of carbonyl (C=O) groups excluding carboxylic acids is 1. The highest BCUT2D eigenvalue weighted by Gasteiger charge is 2.33. The number of ether oxygens (including phenoxy) is 2. The van der Waals surface area contributed by atoms with Crippen molar-refractivity contribution in [2.24, 2.45) is 5.92 Å². The van der Waals surface area contributed by atoms with Gasteiger partial charge in [0.2, 0.25) is 5.91 Å². The number of nitrogens with zero attached hydrogens (tertiary/aromatic N) is 1. The molecule has 2 aliphatic rings. The highest BCUT2D eigenvalue weighted by atomic mass is 16.5. The molecule has 2 unspecified atom stereocenters. The second kappa shape index (κ2) is 7.79. The number of rotatable bonds is 6. The average molecular weight is 271 g/mol. The number of nitrogens with one attached hydrogen (secondary N) is 2. The van der Waals surface area contributed by atoms with E-state index in [2.05, 4.69) is 15.5 Å². The van der Waals surface area contributed by atoms with Gasteiger partial charge in [-0.1, -0.05) is 6.92 Å². The molecule has 2 atom stereocenters. The molecule has 2 aliphatic heterocycles. The Morgan fingerprint density at radius 1 is 1.26 bits per heavy atom. The van der Waals surface area contributed by atoms with Crippen LogP contribution in [0.1, 0.15) is 6.92 Å². The Morgan fingerprint density at radius 2 is 2.05 bits per heavy atom. The lowest BCUT2D eigenvalue weighted by molar-refractivity contribution is -0.125. The lowest BCUT2D eigenvalue weighted by Crippen LogP contribution is -2.46. The predicted molar refractivity (Wildman–Crippen MR) is 72.0 cm³/mol. The second-order valence-corrected chi connectivity index (χ2v) is 5.05. The predicted octanol–water partition coefficient (Wildman–Crippen LogP) is -0.941. The minimum Gasteiger partial charge on any atom is -0.379 e. The molecule has 2 rings (SSSR count). The van der Waals surface area contributed by atoms with E-state index in [1.54, 1.807) is 0 Å². The van der Waals surface area contributed by atoms with Crippen LogP contribution in [-0.4, -0.2) is 76.0 Å². The molecule has 0 saturated carbocycles. The fraction of sp³-hybridized carbons (Fsp3) is 0.923. The maximum atomic E-state index is 12.1. The molecule has 1 amide bonds. The normalized spacial score (nSPS) is 28.5. The van der Waals surface area contributed by atoms with Crippen LogP contribution in [0.25, 0.3) is 0 Å². The largest absolute Gasteiger partial charge is 0.379 e. The molecule has 6 nitrogen and oxygen atoms in total. The molecule has 2 heterocycles. The van der Waals surface area contributed by atoms with Crippen LogP contribution in [-0.2, 0) is 14.3 Å². The zero-order valence-electron chi connectivity index (χ0n) is 11.7. The zero-order valence-corrected chi connectivity index (χ0v) is 11.7. The van der Waals surface area contributed by atoms with E-state index in [1.807, 2.05) is 6.92 Å². The summed E-state index contributed by atoms with van der Waals surface area (Å²) in [7, 11) is 0.